The standard InChI is InChI=1S/C15H16F4O2/c16-8-6-9(17)13(19)14(12(8)18)21-11-7-10(20)15(11)4-2-1-3-5-15/h6,10-11,20H,1-5,7H2. The molecule has 21 heavy (non-hydrogen) atoms. The van der Waals surface area contributed by atoms with Crippen molar-refractivity contribution in [2.75, 3.05) is 0 Å². The number of hydrogen-bond acceptors (Lipinski definition) is 2. The SMILES string of the molecule is OC1CC(Oc2c(F)c(F)cc(F)c2F)C12CCCCC2. The molecular formula is C15H16F4O2. The minimum absolute atomic E-state index is 0.156. The number of halogens is 4. The van der Waals surface area contributed by atoms with E-state index < -0.39 is 46.6 Å². The molecule has 0 heterocycles. The predicted octanol–water partition coefficient (Wildman–Crippen LogP) is 3.71. The van der Waals surface area contributed by atoms with Gasteiger partial charge in [-0.1, -0.05) is 19.3 Å². The largest absolute Gasteiger partial charge is 0.483 e. The van der Waals surface area contributed by atoms with Crippen LogP contribution in [0.4, 0.5) is 17.6 Å². The Morgan fingerprint density at radius 3 is 2.10 bits per heavy atom. The van der Waals surface area contributed by atoms with E-state index in [0.717, 1.165) is 19.3 Å². The molecule has 0 saturated heterocycles. The molecule has 6 heteroatoms. The maximum atomic E-state index is 13.6. The molecule has 1 N–H and O–H groups in total. The fourth-order valence-electron chi connectivity index (χ4n) is 3.55. The summed E-state index contributed by atoms with van der Waals surface area (Å²) in [6.45, 7) is 0. The zero-order valence-corrected chi connectivity index (χ0v) is 11.3. The maximum Gasteiger partial charge on any atom is 0.203 e. The van der Waals surface area contributed by atoms with Crippen molar-refractivity contribution in [2.45, 2.75) is 50.7 Å². The Bertz CT molecular complexity index is 529. The number of hydrogen-bond donors (Lipinski definition) is 1. The average Bonchev–Trinajstić information content (AvgIpc) is 2.49. The quantitative estimate of drug-likeness (QED) is 0.667. The summed E-state index contributed by atoms with van der Waals surface area (Å²) < 4.78 is 58.9. The van der Waals surface area contributed by atoms with E-state index in [1.54, 1.807) is 0 Å². The van der Waals surface area contributed by atoms with Crippen LogP contribution in [0.3, 0.4) is 0 Å². The normalized spacial score (nSPS) is 27.5. The van der Waals surface area contributed by atoms with Gasteiger partial charge >= 0.3 is 0 Å². The van der Waals surface area contributed by atoms with Crippen molar-refractivity contribution in [2.24, 2.45) is 5.41 Å². The molecule has 0 amide bonds. The molecule has 2 aliphatic carbocycles. The molecule has 0 aromatic heterocycles. The van der Waals surface area contributed by atoms with Crippen LogP contribution in [0.15, 0.2) is 6.07 Å². The highest BCUT2D eigenvalue weighted by molar-refractivity contribution is 5.29. The van der Waals surface area contributed by atoms with Gasteiger partial charge < -0.3 is 9.84 Å². The van der Waals surface area contributed by atoms with E-state index in [1.807, 2.05) is 0 Å². The van der Waals surface area contributed by atoms with Gasteiger partial charge in [0.1, 0.15) is 6.10 Å². The van der Waals surface area contributed by atoms with Gasteiger partial charge in [-0.15, -0.1) is 0 Å². The minimum atomic E-state index is -1.53. The van der Waals surface area contributed by atoms with Crippen molar-refractivity contribution in [1.82, 2.24) is 0 Å². The van der Waals surface area contributed by atoms with E-state index >= 15 is 0 Å². The Balaban J connectivity index is 1.88. The lowest BCUT2D eigenvalue weighted by Crippen LogP contribution is -2.60. The van der Waals surface area contributed by atoms with Gasteiger partial charge in [0.05, 0.1) is 6.10 Å². The molecule has 2 fully saturated rings. The van der Waals surface area contributed by atoms with Crippen LogP contribution in [0.5, 0.6) is 5.75 Å². The van der Waals surface area contributed by atoms with Crippen LogP contribution in [0.2, 0.25) is 0 Å². The summed E-state index contributed by atoms with van der Waals surface area (Å²) in [6, 6.07) is 0.156. The summed E-state index contributed by atoms with van der Waals surface area (Å²) in [6.07, 6.45) is 3.25. The Labute approximate surface area is 119 Å². The molecule has 116 valence electrons. The molecular weight excluding hydrogens is 288 g/mol. The second-order valence-electron chi connectivity index (χ2n) is 5.95. The van der Waals surface area contributed by atoms with Gasteiger partial charge in [0.2, 0.25) is 11.6 Å². The van der Waals surface area contributed by atoms with Crippen LogP contribution in [0, 0.1) is 28.7 Å². The van der Waals surface area contributed by atoms with Gasteiger partial charge in [0.25, 0.3) is 0 Å². The Kier molecular flexibility index (Phi) is 3.59. The van der Waals surface area contributed by atoms with E-state index in [1.165, 1.54) is 0 Å². The lowest BCUT2D eigenvalue weighted by atomic mass is 9.56. The fraction of sp³-hybridized carbons (Fsp3) is 0.600. The first kappa shape index (κ1) is 14.6. The van der Waals surface area contributed by atoms with Gasteiger partial charge in [-0.05, 0) is 12.8 Å². The summed E-state index contributed by atoms with van der Waals surface area (Å²) in [7, 11) is 0. The van der Waals surface area contributed by atoms with Gasteiger partial charge in [-0.25, -0.2) is 8.78 Å². The molecule has 1 aromatic rings. The molecule has 0 radical (unpaired) electrons. The van der Waals surface area contributed by atoms with Gasteiger partial charge in [-0.3, -0.25) is 0 Å². The highest BCUT2D eigenvalue weighted by Crippen LogP contribution is 2.53. The highest BCUT2D eigenvalue weighted by Gasteiger charge is 2.56. The number of benzene rings is 1. The number of ether oxygens (including phenoxy) is 1. The van der Waals surface area contributed by atoms with E-state index in [9.17, 15) is 22.7 Å². The summed E-state index contributed by atoms with van der Waals surface area (Å²) >= 11 is 0. The van der Waals surface area contributed by atoms with Crippen LogP contribution in [-0.4, -0.2) is 17.3 Å². The van der Waals surface area contributed by atoms with E-state index in [2.05, 4.69) is 0 Å². The van der Waals surface area contributed by atoms with Crippen molar-refractivity contribution in [3.05, 3.63) is 29.3 Å². The molecule has 1 aromatic carbocycles. The molecule has 2 atom stereocenters. The third kappa shape index (κ3) is 2.20. The van der Waals surface area contributed by atoms with Crippen molar-refractivity contribution >= 4 is 0 Å². The smallest absolute Gasteiger partial charge is 0.203 e. The topological polar surface area (TPSA) is 29.5 Å². The number of aliphatic hydroxyl groups is 1. The summed E-state index contributed by atoms with van der Waals surface area (Å²) in [5.41, 5.74) is -0.542. The molecule has 2 nitrogen and oxygen atoms in total. The Morgan fingerprint density at radius 1 is 1.00 bits per heavy atom. The molecule has 3 rings (SSSR count). The zero-order chi connectivity index (χ0) is 15.2. The first-order chi connectivity index (χ1) is 9.95. The van der Waals surface area contributed by atoms with Crippen LogP contribution >= 0.6 is 0 Å². The Hall–Kier alpha value is -1.30. The predicted molar refractivity (Wildman–Crippen MR) is 66.8 cm³/mol. The second kappa shape index (κ2) is 5.16. The van der Waals surface area contributed by atoms with Gasteiger partial charge in [-0.2, -0.15) is 8.78 Å². The van der Waals surface area contributed by atoms with Gasteiger partial charge in [0.15, 0.2) is 17.4 Å². The van der Waals surface area contributed by atoms with Crippen LogP contribution in [0.25, 0.3) is 0 Å². The lowest BCUT2D eigenvalue weighted by molar-refractivity contribution is -0.173. The lowest BCUT2D eigenvalue weighted by Gasteiger charge is -2.55. The summed E-state index contributed by atoms with van der Waals surface area (Å²) in [5.74, 6) is -7.04. The van der Waals surface area contributed by atoms with Gasteiger partial charge in [0, 0.05) is 17.9 Å². The van der Waals surface area contributed by atoms with Crippen molar-refractivity contribution in [1.29, 1.82) is 0 Å². The maximum absolute atomic E-state index is 13.6. The first-order valence-corrected chi connectivity index (χ1v) is 7.13. The first-order valence-electron chi connectivity index (χ1n) is 7.13. The molecule has 0 aliphatic heterocycles. The summed E-state index contributed by atoms with van der Waals surface area (Å²) in [4.78, 5) is 0. The van der Waals surface area contributed by atoms with Crippen LogP contribution < -0.4 is 4.74 Å². The van der Waals surface area contributed by atoms with E-state index in [-0.39, 0.29) is 12.5 Å². The average molecular weight is 304 g/mol. The molecule has 2 unspecified atom stereocenters. The van der Waals surface area contributed by atoms with Crippen molar-refractivity contribution < 1.29 is 27.4 Å². The molecule has 0 bridgehead atoms. The minimum Gasteiger partial charge on any atom is -0.483 e. The monoisotopic (exact) mass is 304 g/mol. The molecule has 2 saturated carbocycles. The third-order valence-electron chi connectivity index (χ3n) is 4.86. The van der Waals surface area contributed by atoms with Crippen LogP contribution in [0.1, 0.15) is 38.5 Å². The van der Waals surface area contributed by atoms with Crippen molar-refractivity contribution in [3.8, 4) is 5.75 Å². The number of rotatable bonds is 2. The summed E-state index contributed by atoms with van der Waals surface area (Å²) in [5, 5.41) is 10.0. The number of aliphatic hydroxyl groups excluding tert-OH is 1. The van der Waals surface area contributed by atoms with E-state index in [0.29, 0.717) is 12.8 Å². The van der Waals surface area contributed by atoms with Crippen LogP contribution in [-0.2, 0) is 0 Å². The molecule has 2 aliphatic rings. The Morgan fingerprint density at radius 2 is 1.57 bits per heavy atom. The molecule has 1 spiro atoms. The zero-order valence-electron chi connectivity index (χ0n) is 11.3. The highest BCUT2D eigenvalue weighted by atomic mass is 19.2. The van der Waals surface area contributed by atoms with E-state index in [4.69, 9.17) is 4.74 Å². The second-order valence-corrected chi connectivity index (χ2v) is 5.95. The van der Waals surface area contributed by atoms with Crippen molar-refractivity contribution in [3.63, 3.8) is 0 Å². The fourth-order valence-corrected chi connectivity index (χ4v) is 3.55. The third-order valence-corrected chi connectivity index (χ3v) is 4.86.